The minimum atomic E-state index is -4.30. The van der Waals surface area contributed by atoms with E-state index in [1.54, 1.807) is 0 Å². The average molecular weight is 268 g/mol. The lowest BCUT2D eigenvalue weighted by Gasteiger charge is -2.21. The van der Waals surface area contributed by atoms with Crippen molar-refractivity contribution in [3.63, 3.8) is 0 Å². The lowest BCUT2D eigenvalue weighted by Crippen LogP contribution is -2.44. The number of rotatable bonds is 3. The van der Waals surface area contributed by atoms with E-state index < -0.39 is 17.5 Å². The van der Waals surface area contributed by atoms with Crippen LogP contribution < -0.4 is 5.32 Å². The molecular formula is C11H10ClF4N. The monoisotopic (exact) mass is 267 g/mol. The number of benzene rings is 1. The maximum atomic E-state index is 13.3. The fourth-order valence-corrected chi connectivity index (χ4v) is 1.87. The van der Waals surface area contributed by atoms with Gasteiger partial charge in [0.1, 0.15) is 11.4 Å². The standard InChI is InChI=1S/C11H10ClF4N/c12-8-2-1-3-9(13)7(8)6-17-10(4-5-10)11(14,15)16/h1-3,17H,4-6H2. The van der Waals surface area contributed by atoms with Gasteiger partial charge in [0.2, 0.25) is 0 Å². The molecule has 0 heterocycles. The van der Waals surface area contributed by atoms with Crippen molar-refractivity contribution in [3.05, 3.63) is 34.6 Å². The number of nitrogens with one attached hydrogen (secondary N) is 1. The number of hydrogen-bond acceptors (Lipinski definition) is 1. The Labute approximate surface area is 101 Å². The molecule has 1 fully saturated rings. The first-order chi connectivity index (χ1) is 7.86. The summed E-state index contributed by atoms with van der Waals surface area (Å²) >= 11 is 5.73. The predicted molar refractivity (Wildman–Crippen MR) is 56.3 cm³/mol. The molecule has 0 unspecified atom stereocenters. The van der Waals surface area contributed by atoms with Crippen molar-refractivity contribution in [2.45, 2.75) is 31.1 Å². The summed E-state index contributed by atoms with van der Waals surface area (Å²) in [5.74, 6) is -0.594. The van der Waals surface area contributed by atoms with E-state index in [9.17, 15) is 17.6 Å². The Morgan fingerprint density at radius 3 is 2.41 bits per heavy atom. The highest BCUT2D eigenvalue weighted by Gasteiger charge is 2.62. The van der Waals surface area contributed by atoms with Gasteiger partial charge in [-0.1, -0.05) is 17.7 Å². The SMILES string of the molecule is Fc1cccc(Cl)c1CNC1(C(F)(F)F)CC1. The van der Waals surface area contributed by atoms with Crippen LogP contribution in [0.15, 0.2) is 18.2 Å². The molecule has 0 spiro atoms. The maximum absolute atomic E-state index is 13.3. The van der Waals surface area contributed by atoms with Crippen LogP contribution in [-0.2, 0) is 6.54 Å². The van der Waals surface area contributed by atoms with Gasteiger partial charge in [0, 0.05) is 17.1 Å². The Kier molecular flexibility index (Phi) is 3.08. The quantitative estimate of drug-likeness (QED) is 0.824. The first-order valence-corrected chi connectivity index (χ1v) is 5.48. The van der Waals surface area contributed by atoms with Crippen LogP contribution in [0.1, 0.15) is 18.4 Å². The molecule has 6 heteroatoms. The smallest absolute Gasteiger partial charge is 0.299 e. The molecule has 0 aliphatic heterocycles. The van der Waals surface area contributed by atoms with Gasteiger partial charge in [-0.3, -0.25) is 5.32 Å². The zero-order valence-electron chi connectivity index (χ0n) is 8.74. The molecule has 94 valence electrons. The van der Waals surface area contributed by atoms with Crippen LogP contribution in [0.3, 0.4) is 0 Å². The summed E-state index contributed by atoms with van der Waals surface area (Å²) in [7, 11) is 0. The van der Waals surface area contributed by atoms with E-state index in [-0.39, 0.29) is 30.0 Å². The zero-order chi connectivity index (χ0) is 12.7. The van der Waals surface area contributed by atoms with Crippen molar-refractivity contribution in [2.24, 2.45) is 0 Å². The third-order valence-corrected chi connectivity index (χ3v) is 3.31. The van der Waals surface area contributed by atoms with Crippen molar-refractivity contribution in [3.8, 4) is 0 Å². The Morgan fingerprint density at radius 2 is 1.94 bits per heavy atom. The fourth-order valence-electron chi connectivity index (χ4n) is 1.64. The van der Waals surface area contributed by atoms with E-state index >= 15 is 0 Å². The van der Waals surface area contributed by atoms with Gasteiger partial charge < -0.3 is 0 Å². The summed E-state index contributed by atoms with van der Waals surface area (Å²) in [4.78, 5) is 0. The van der Waals surface area contributed by atoms with Crippen LogP contribution in [-0.4, -0.2) is 11.7 Å². The molecule has 1 N–H and O–H groups in total. The molecule has 0 amide bonds. The highest BCUT2D eigenvalue weighted by Crippen LogP contribution is 2.49. The second-order valence-electron chi connectivity index (χ2n) is 4.13. The lowest BCUT2D eigenvalue weighted by molar-refractivity contribution is -0.166. The Balaban J connectivity index is 2.09. The van der Waals surface area contributed by atoms with Gasteiger partial charge in [-0.15, -0.1) is 0 Å². The molecule has 0 radical (unpaired) electrons. The van der Waals surface area contributed by atoms with Crippen LogP contribution in [0.5, 0.6) is 0 Å². The summed E-state index contributed by atoms with van der Waals surface area (Å²) in [5, 5.41) is 2.49. The van der Waals surface area contributed by atoms with Gasteiger partial charge >= 0.3 is 6.18 Å². The average Bonchev–Trinajstić information content (AvgIpc) is 2.97. The van der Waals surface area contributed by atoms with Crippen LogP contribution in [0.4, 0.5) is 17.6 Å². The largest absolute Gasteiger partial charge is 0.406 e. The van der Waals surface area contributed by atoms with E-state index in [0.717, 1.165) is 0 Å². The van der Waals surface area contributed by atoms with E-state index in [4.69, 9.17) is 11.6 Å². The molecule has 1 aliphatic rings. The first-order valence-electron chi connectivity index (χ1n) is 5.10. The third-order valence-electron chi connectivity index (χ3n) is 2.96. The maximum Gasteiger partial charge on any atom is 0.406 e. The summed E-state index contributed by atoms with van der Waals surface area (Å²) in [6.07, 6.45) is -4.24. The third kappa shape index (κ3) is 2.40. The van der Waals surface area contributed by atoms with Crippen molar-refractivity contribution < 1.29 is 17.6 Å². The number of hydrogen-bond donors (Lipinski definition) is 1. The van der Waals surface area contributed by atoms with E-state index in [1.807, 2.05) is 0 Å². The first kappa shape index (κ1) is 12.6. The van der Waals surface area contributed by atoms with E-state index in [1.165, 1.54) is 18.2 Å². The molecule has 17 heavy (non-hydrogen) atoms. The molecule has 1 aliphatic carbocycles. The Hall–Kier alpha value is -0.810. The molecular weight excluding hydrogens is 258 g/mol. The molecule has 0 bridgehead atoms. The molecule has 0 saturated heterocycles. The second-order valence-corrected chi connectivity index (χ2v) is 4.54. The van der Waals surface area contributed by atoms with Gasteiger partial charge in [-0.05, 0) is 25.0 Å². The number of halogens is 5. The Bertz CT molecular complexity index is 406. The highest BCUT2D eigenvalue weighted by atomic mass is 35.5. The van der Waals surface area contributed by atoms with Gasteiger partial charge in [-0.2, -0.15) is 13.2 Å². The van der Waals surface area contributed by atoms with Crippen LogP contribution in [0.2, 0.25) is 5.02 Å². The van der Waals surface area contributed by atoms with Crippen LogP contribution in [0, 0.1) is 5.82 Å². The molecule has 2 rings (SSSR count). The zero-order valence-corrected chi connectivity index (χ0v) is 9.50. The van der Waals surface area contributed by atoms with E-state index in [0.29, 0.717) is 0 Å². The van der Waals surface area contributed by atoms with E-state index in [2.05, 4.69) is 5.32 Å². The van der Waals surface area contributed by atoms with Gasteiger partial charge in [-0.25, -0.2) is 4.39 Å². The van der Waals surface area contributed by atoms with Crippen LogP contribution >= 0.6 is 11.6 Å². The fraction of sp³-hybridized carbons (Fsp3) is 0.455. The van der Waals surface area contributed by atoms with Crippen molar-refractivity contribution in [2.75, 3.05) is 0 Å². The van der Waals surface area contributed by atoms with Crippen molar-refractivity contribution in [1.29, 1.82) is 0 Å². The molecule has 1 aromatic carbocycles. The normalized spacial score (nSPS) is 18.2. The lowest BCUT2D eigenvalue weighted by atomic mass is 10.2. The minimum Gasteiger partial charge on any atom is -0.299 e. The summed E-state index contributed by atoms with van der Waals surface area (Å²) in [6, 6.07) is 4.04. The van der Waals surface area contributed by atoms with Crippen molar-refractivity contribution >= 4 is 11.6 Å². The highest BCUT2D eigenvalue weighted by molar-refractivity contribution is 6.31. The van der Waals surface area contributed by atoms with Gasteiger partial charge in [0.15, 0.2) is 0 Å². The van der Waals surface area contributed by atoms with Gasteiger partial charge in [0.05, 0.1) is 0 Å². The molecule has 1 aromatic rings. The van der Waals surface area contributed by atoms with Crippen LogP contribution in [0.25, 0.3) is 0 Å². The molecule has 1 saturated carbocycles. The Morgan fingerprint density at radius 1 is 1.29 bits per heavy atom. The molecule has 0 aromatic heterocycles. The second kappa shape index (κ2) is 4.14. The molecule has 0 atom stereocenters. The summed E-state index contributed by atoms with van der Waals surface area (Å²) in [5.41, 5.74) is -1.77. The van der Waals surface area contributed by atoms with Crippen molar-refractivity contribution in [1.82, 2.24) is 5.32 Å². The predicted octanol–water partition coefficient (Wildman–Crippen LogP) is 3.66. The molecule has 1 nitrogen and oxygen atoms in total. The topological polar surface area (TPSA) is 12.0 Å². The summed E-state index contributed by atoms with van der Waals surface area (Å²) in [6.45, 7) is -0.217. The number of alkyl halides is 3. The van der Waals surface area contributed by atoms with Gasteiger partial charge in [0.25, 0.3) is 0 Å². The minimum absolute atomic E-state index is 0.0303. The summed E-state index contributed by atoms with van der Waals surface area (Å²) < 4.78 is 51.2.